The van der Waals surface area contributed by atoms with Crippen LogP contribution in [0.5, 0.6) is 11.5 Å². The fraction of sp³-hybridized carbons (Fsp3) is 0.391. The summed E-state index contributed by atoms with van der Waals surface area (Å²) in [6.07, 6.45) is 5.15. The van der Waals surface area contributed by atoms with Crippen molar-refractivity contribution in [1.29, 1.82) is 0 Å². The summed E-state index contributed by atoms with van der Waals surface area (Å²) in [5, 5.41) is 0. The lowest BCUT2D eigenvalue weighted by molar-refractivity contribution is -0.146. The maximum absolute atomic E-state index is 12.5. The molecule has 0 radical (unpaired) electrons. The molecule has 1 aromatic rings. The number of carbonyl (C=O) groups is 4. The largest absolute Gasteiger partial charge is 0.493 e. The molecule has 170 valence electrons. The molecule has 0 N–H and O–H groups in total. The van der Waals surface area contributed by atoms with Gasteiger partial charge >= 0.3 is 0 Å². The summed E-state index contributed by atoms with van der Waals surface area (Å²) < 4.78 is 10.9. The van der Waals surface area contributed by atoms with Crippen LogP contribution < -0.4 is 9.47 Å². The summed E-state index contributed by atoms with van der Waals surface area (Å²) in [5.41, 5.74) is 0.787. The normalized spacial score (nSPS) is 16.6. The van der Waals surface area contributed by atoms with Gasteiger partial charge in [-0.3, -0.25) is 24.1 Å². The van der Waals surface area contributed by atoms with E-state index < -0.39 is 0 Å². The molecule has 0 spiro atoms. The Kier molecular flexibility index (Phi) is 7.64. The molecule has 32 heavy (non-hydrogen) atoms. The molecule has 2 aliphatic heterocycles. The summed E-state index contributed by atoms with van der Waals surface area (Å²) in [4.78, 5) is 52.6. The first-order valence-corrected chi connectivity index (χ1v) is 10.4. The monoisotopic (exact) mass is 441 g/mol. The quantitative estimate of drug-likeness (QED) is 0.340. The Hall–Kier alpha value is -3.62. The highest BCUT2D eigenvalue weighted by Crippen LogP contribution is 2.28. The number of amides is 4. The van der Waals surface area contributed by atoms with Gasteiger partial charge in [0.25, 0.3) is 0 Å². The van der Waals surface area contributed by atoms with Crippen molar-refractivity contribution >= 4 is 29.7 Å². The molecule has 2 saturated heterocycles. The van der Waals surface area contributed by atoms with E-state index in [1.165, 1.54) is 6.08 Å². The van der Waals surface area contributed by atoms with Gasteiger partial charge in [-0.1, -0.05) is 18.7 Å². The standard InChI is InChI=1S/C23H27N3O6/c1-3-14-32-18-6-4-17(15-19(18)31-2)5-7-20(27)24-10-12-25(13-11-24)23(30)16-26-21(28)8-9-22(26)29/h3-7,15H,1,8-14,16H2,2H3/b7-5+. The Morgan fingerprint density at radius 2 is 1.69 bits per heavy atom. The maximum Gasteiger partial charge on any atom is 0.246 e. The van der Waals surface area contributed by atoms with Gasteiger partial charge in [0, 0.05) is 45.1 Å². The van der Waals surface area contributed by atoms with Crippen molar-refractivity contribution in [2.24, 2.45) is 0 Å². The third-order valence-electron chi connectivity index (χ3n) is 5.35. The predicted octanol–water partition coefficient (Wildman–Crippen LogP) is 1.09. The molecule has 0 unspecified atom stereocenters. The molecule has 0 bridgehead atoms. The molecular formula is C23H27N3O6. The zero-order valence-corrected chi connectivity index (χ0v) is 18.1. The number of benzene rings is 1. The van der Waals surface area contributed by atoms with Crippen LogP contribution >= 0.6 is 0 Å². The molecular weight excluding hydrogens is 414 g/mol. The minimum atomic E-state index is -0.306. The zero-order chi connectivity index (χ0) is 23.1. The second-order valence-corrected chi connectivity index (χ2v) is 7.42. The van der Waals surface area contributed by atoms with E-state index in [-0.39, 0.29) is 43.0 Å². The van der Waals surface area contributed by atoms with Crippen LogP contribution in [0, 0.1) is 0 Å². The minimum Gasteiger partial charge on any atom is -0.493 e. The molecule has 0 atom stereocenters. The van der Waals surface area contributed by atoms with Gasteiger partial charge in [-0.2, -0.15) is 0 Å². The highest BCUT2D eigenvalue weighted by Gasteiger charge is 2.32. The molecule has 0 saturated carbocycles. The molecule has 2 fully saturated rings. The first-order chi connectivity index (χ1) is 15.4. The van der Waals surface area contributed by atoms with Crippen LogP contribution in [0.15, 0.2) is 36.9 Å². The first-order valence-electron chi connectivity index (χ1n) is 10.4. The molecule has 9 heteroatoms. The number of nitrogens with zero attached hydrogens (tertiary/aromatic N) is 3. The third kappa shape index (κ3) is 5.54. The lowest BCUT2D eigenvalue weighted by Crippen LogP contribution is -2.52. The van der Waals surface area contributed by atoms with E-state index in [1.54, 1.807) is 41.2 Å². The highest BCUT2D eigenvalue weighted by molar-refractivity contribution is 6.04. The van der Waals surface area contributed by atoms with Gasteiger partial charge in [0.1, 0.15) is 13.2 Å². The van der Waals surface area contributed by atoms with E-state index in [1.807, 2.05) is 6.07 Å². The Balaban J connectivity index is 1.51. The third-order valence-corrected chi connectivity index (χ3v) is 5.35. The molecule has 0 aliphatic carbocycles. The van der Waals surface area contributed by atoms with Crippen molar-refractivity contribution in [3.63, 3.8) is 0 Å². The van der Waals surface area contributed by atoms with Crippen molar-refractivity contribution in [2.45, 2.75) is 12.8 Å². The van der Waals surface area contributed by atoms with E-state index in [0.717, 1.165) is 10.5 Å². The van der Waals surface area contributed by atoms with E-state index in [4.69, 9.17) is 9.47 Å². The molecule has 2 heterocycles. The number of piperazine rings is 1. The Morgan fingerprint density at radius 3 is 2.31 bits per heavy atom. The number of hydrogen-bond donors (Lipinski definition) is 0. The topological polar surface area (TPSA) is 96.5 Å². The lowest BCUT2D eigenvalue weighted by Gasteiger charge is -2.34. The van der Waals surface area contributed by atoms with Crippen LogP contribution in [0.2, 0.25) is 0 Å². The van der Waals surface area contributed by atoms with Gasteiger partial charge < -0.3 is 19.3 Å². The summed E-state index contributed by atoms with van der Waals surface area (Å²) in [7, 11) is 1.55. The average molecular weight is 441 g/mol. The van der Waals surface area contributed by atoms with Crippen LogP contribution in [0.3, 0.4) is 0 Å². The van der Waals surface area contributed by atoms with Crippen molar-refractivity contribution in [3.05, 3.63) is 42.5 Å². The Bertz CT molecular complexity index is 918. The van der Waals surface area contributed by atoms with Gasteiger partial charge in [0.05, 0.1) is 7.11 Å². The molecule has 0 aromatic heterocycles. The molecule has 9 nitrogen and oxygen atoms in total. The van der Waals surface area contributed by atoms with E-state index in [0.29, 0.717) is 44.3 Å². The Labute approximate surface area is 186 Å². The summed E-state index contributed by atoms with van der Waals surface area (Å²) in [5.74, 6) is 0.103. The minimum absolute atomic E-state index is 0.159. The number of methoxy groups -OCH3 is 1. The molecule has 4 amide bonds. The van der Waals surface area contributed by atoms with E-state index in [9.17, 15) is 19.2 Å². The molecule has 2 aliphatic rings. The fourth-order valence-electron chi connectivity index (χ4n) is 3.54. The summed E-state index contributed by atoms with van der Waals surface area (Å²) in [6.45, 7) is 5.24. The predicted molar refractivity (Wildman–Crippen MR) is 117 cm³/mol. The molecule has 1 aromatic carbocycles. The van der Waals surface area contributed by atoms with Crippen molar-refractivity contribution in [3.8, 4) is 11.5 Å². The van der Waals surface area contributed by atoms with E-state index in [2.05, 4.69) is 6.58 Å². The van der Waals surface area contributed by atoms with Crippen LogP contribution in [-0.2, 0) is 19.2 Å². The van der Waals surface area contributed by atoms with Crippen LogP contribution in [-0.4, -0.2) is 84.8 Å². The van der Waals surface area contributed by atoms with Gasteiger partial charge in [0.2, 0.25) is 23.6 Å². The van der Waals surface area contributed by atoms with E-state index >= 15 is 0 Å². The number of hydrogen-bond acceptors (Lipinski definition) is 6. The summed E-state index contributed by atoms with van der Waals surface area (Å²) >= 11 is 0. The van der Waals surface area contributed by atoms with Crippen molar-refractivity contribution < 1.29 is 28.7 Å². The number of ether oxygens (including phenoxy) is 2. The van der Waals surface area contributed by atoms with Crippen LogP contribution in [0.25, 0.3) is 6.08 Å². The fourth-order valence-corrected chi connectivity index (χ4v) is 3.54. The van der Waals surface area contributed by atoms with Gasteiger partial charge in [0.15, 0.2) is 11.5 Å². The van der Waals surface area contributed by atoms with Gasteiger partial charge in [-0.05, 0) is 23.8 Å². The maximum atomic E-state index is 12.5. The zero-order valence-electron chi connectivity index (χ0n) is 18.1. The van der Waals surface area contributed by atoms with Crippen LogP contribution in [0.1, 0.15) is 18.4 Å². The lowest BCUT2D eigenvalue weighted by atomic mass is 10.2. The number of likely N-dealkylation sites (tertiary alicyclic amines) is 1. The second kappa shape index (κ2) is 10.6. The number of carbonyl (C=O) groups excluding carboxylic acids is 4. The first kappa shape index (κ1) is 23.1. The van der Waals surface area contributed by atoms with Crippen LogP contribution in [0.4, 0.5) is 0 Å². The average Bonchev–Trinajstić information content (AvgIpc) is 3.13. The highest BCUT2D eigenvalue weighted by atomic mass is 16.5. The number of rotatable bonds is 8. The number of imide groups is 1. The smallest absolute Gasteiger partial charge is 0.246 e. The van der Waals surface area contributed by atoms with Gasteiger partial charge in [-0.15, -0.1) is 0 Å². The van der Waals surface area contributed by atoms with Crippen molar-refractivity contribution in [2.75, 3.05) is 46.4 Å². The SMILES string of the molecule is C=CCOc1ccc(/C=C/C(=O)N2CCN(C(=O)CN3C(=O)CCC3=O)CC2)cc1OC. The summed E-state index contributed by atoms with van der Waals surface area (Å²) in [6, 6.07) is 5.37. The second-order valence-electron chi connectivity index (χ2n) is 7.42. The van der Waals surface area contributed by atoms with Crippen molar-refractivity contribution in [1.82, 2.24) is 14.7 Å². The van der Waals surface area contributed by atoms with Gasteiger partial charge in [-0.25, -0.2) is 0 Å². The Morgan fingerprint density at radius 1 is 1.03 bits per heavy atom. The molecule has 3 rings (SSSR count).